The Morgan fingerprint density at radius 2 is 1.58 bits per heavy atom. The molecule has 1 aromatic carbocycles. The topological polar surface area (TPSA) is 340 Å². The maximum atomic E-state index is 12.9. The van der Waals surface area contributed by atoms with Gasteiger partial charge < -0.3 is 42.7 Å². The lowest BCUT2D eigenvalue weighted by atomic mass is 9.93. The normalized spacial score (nSPS) is 13.3. The number of carbonyl (C=O) groups is 7. The predicted molar refractivity (Wildman–Crippen MR) is 185 cm³/mol. The van der Waals surface area contributed by atoms with Crippen LogP contribution in [0.2, 0.25) is 0 Å². The lowest BCUT2D eigenvalue weighted by molar-refractivity contribution is -0.144. The summed E-state index contributed by atoms with van der Waals surface area (Å²) < 4.78 is 0. The summed E-state index contributed by atoms with van der Waals surface area (Å²) in [5, 5.41) is 35.8. The van der Waals surface area contributed by atoms with Crippen molar-refractivity contribution >= 4 is 76.7 Å². The second kappa shape index (κ2) is 18.9. The number of thiol groups is 1. The number of carboxylic acids is 3. The molecule has 0 radical (unpaired) electrons. The van der Waals surface area contributed by atoms with Crippen molar-refractivity contribution in [1.82, 2.24) is 30.6 Å². The number of fused-ring (bicyclic) bond motifs is 1. The minimum absolute atomic E-state index is 0.00353. The number of H-pyrrole nitrogens is 1. The van der Waals surface area contributed by atoms with Gasteiger partial charge in [0.15, 0.2) is 16.9 Å². The van der Waals surface area contributed by atoms with Gasteiger partial charge in [-0.3, -0.25) is 38.5 Å². The van der Waals surface area contributed by atoms with Crippen LogP contribution in [0, 0.1) is 11.8 Å². The molecule has 2 amide bonds. The SMILES string of the molecule is NC[C@H](NC(=O)[C@H](CC(=O)O)CC(=O)CC[C@H](NC(=O)c1ccc(NCc2cnc3nc(N)[nH]c(=O)c3n2)cc1)C(=O)O)C(=O)C[C@@H](CS)C(=O)O. The first-order valence-electron chi connectivity index (χ1n) is 15.6. The fourth-order valence-corrected chi connectivity index (χ4v) is 5.10. The summed E-state index contributed by atoms with van der Waals surface area (Å²) in [6.45, 7) is -0.271. The first-order chi connectivity index (χ1) is 24.6. The van der Waals surface area contributed by atoms with Crippen molar-refractivity contribution in [3.8, 4) is 0 Å². The number of aliphatic carboxylic acids is 3. The standard InChI is InChI=1S/C31H37N9O11S/c32-10-21(22(42)8-16(13-52)29(48)49)38-27(46)15(9-23(43)44)7-19(41)5-6-20(30(50)51)37-26(45)14-1-3-17(4-2-14)34-11-18-12-35-25-24(36-18)28(47)40-31(33)39-25/h1-4,12,15-16,20-21,34,52H,5-11,13,32H2,(H,37,45)(H,38,46)(H,43,44)(H,48,49)(H,50,51)(H3,33,35,39,40,47)/t15-,16-,20-,21-/m0/s1. The van der Waals surface area contributed by atoms with E-state index in [1.807, 2.05) is 0 Å². The predicted octanol–water partition coefficient (Wildman–Crippen LogP) is -1.05. The van der Waals surface area contributed by atoms with Crippen LogP contribution in [0.3, 0.4) is 0 Å². The van der Waals surface area contributed by atoms with Crippen molar-refractivity contribution in [3.05, 3.63) is 52.1 Å². The van der Waals surface area contributed by atoms with Crippen LogP contribution in [0.5, 0.6) is 0 Å². The average molecular weight is 744 g/mol. The third kappa shape index (κ3) is 11.8. The molecule has 0 unspecified atom stereocenters. The Kier molecular flexibility index (Phi) is 14.7. The summed E-state index contributed by atoms with van der Waals surface area (Å²) in [5.41, 5.74) is 11.7. The maximum absolute atomic E-state index is 12.9. The molecule has 0 aliphatic rings. The number of aromatic nitrogens is 4. The molecule has 11 N–H and O–H groups in total. The number of hydrogen-bond donors (Lipinski definition) is 10. The van der Waals surface area contributed by atoms with Gasteiger partial charge in [0.05, 0.1) is 42.7 Å². The van der Waals surface area contributed by atoms with Gasteiger partial charge in [0, 0.05) is 42.8 Å². The highest BCUT2D eigenvalue weighted by Crippen LogP contribution is 2.16. The summed E-state index contributed by atoms with van der Waals surface area (Å²) in [6, 6.07) is 3.05. The van der Waals surface area contributed by atoms with E-state index < -0.39 is 103 Å². The quantitative estimate of drug-likeness (QED) is 0.0582. The third-order valence-electron chi connectivity index (χ3n) is 7.65. The van der Waals surface area contributed by atoms with Crippen LogP contribution in [0.25, 0.3) is 11.2 Å². The van der Waals surface area contributed by atoms with Crippen LogP contribution in [-0.2, 0) is 35.3 Å². The molecule has 278 valence electrons. The van der Waals surface area contributed by atoms with Gasteiger partial charge in [0.1, 0.15) is 11.8 Å². The van der Waals surface area contributed by atoms with E-state index in [1.54, 1.807) is 12.1 Å². The second-order valence-corrected chi connectivity index (χ2v) is 11.9. The Bertz CT molecular complexity index is 1890. The molecule has 2 heterocycles. The Morgan fingerprint density at radius 3 is 2.17 bits per heavy atom. The number of benzene rings is 1. The zero-order valence-corrected chi connectivity index (χ0v) is 28.3. The van der Waals surface area contributed by atoms with Crippen molar-refractivity contribution < 1.29 is 48.9 Å². The zero-order chi connectivity index (χ0) is 38.5. The Morgan fingerprint density at radius 1 is 0.885 bits per heavy atom. The fraction of sp³-hybridized carbons (Fsp3) is 0.387. The molecule has 3 rings (SSSR count). The summed E-state index contributed by atoms with van der Waals surface area (Å²) in [5.74, 6) is -10.2. The van der Waals surface area contributed by atoms with Gasteiger partial charge in [-0.2, -0.15) is 17.6 Å². The smallest absolute Gasteiger partial charge is 0.326 e. The van der Waals surface area contributed by atoms with E-state index in [2.05, 4.69) is 48.5 Å². The molecule has 0 fully saturated rings. The molecule has 0 spiro atoms. The van der Waals surface area contributed by atoms with Crippen molar-refractivity contribution in [1.29, 1.82) is 0 Å². The molecular formula is C31H37N9O11S. The van der Waals surface area contributed by atoms with Crippen LogP contribution in [-0.4, -0.2) is 101 Å². The van der Waals surface area contributed by atoms with E-state index in [0.717, 1.165) is 0 Å². The van der Waals surface area contributed by atoms with Gasteiger partial charge in [0.2, 0.25) is 11.9 Å². The first-order valence-corrected chi connectivity index (χ1v) is 16.2. The first kappa shape index (κ1) is 40.5. The van der Waals surface area contributed by atoms with E-state index in [1.165, 1.54) is 18.3 Å². The van der Waals surface area contributed by atoms with E-state index in [4.69, 9.17) is 11.5 Å². The number of anilines is 2. The van der Waals surface area contributed by atoms with Crippen LogP contribution in [0.4, 0.5) is 11.6 Å². The molecule has 3 aromatic rings. The van der Waals surface area contributed by atoms with E-state index >= 15 is 0 Å². The highest BCUT2D eigenvalue weighted by atomic mass is 32.1. The van der Waals surface area contributed by atoms with E-state index in [9.17, 15) is 53.7 Å². The van der Waals surface area contributed by atoms with Crippen molar-refractivity contribution in [2.45, 2.75) is 50.7 Å². The maximum Gasteiger partial charge on any atom is 0.326 e. The monoisotopic (exact) mass is 743 g/mol. The van der Waals surface area contributed by atoms with Gasteiger partial charge in [0.25, 0.3) is 11.5 Å². The number of rotatable bonds is 21. The van der Waals surface area contributed by atoms with Gasteiger partial charge >= 0.3 is 17.9 Å². The lowest BCUT2D eigenvalue weighted by Crippen LogP contribution is -2.49. The fourth-order valence-electron chi connectivity index (χ4n) is 4.81. The number of nitrogens with two attached hydrogens (primary N) is 2. The van der Waals surface area contributed by atoms with E-state index in [-0.39, 0.29) is 41.4 Å². The number of aromatic amines is 1. The number of hydrogen-bond acceptors (Lipinski definition) is 15. The molecule has 0 aliphatic carbocycles. The van der Waals surface area contributed by atoms with Crippen molar-refractivity contribution in [2.24, 2.45) is 17.6 Å². The molecule has 0 aliphatic heterocycles. The van der Waals surface area contributed by atoms with Crippen molar-refractivity contribution in [2.75, 3.05) is 23.3 Å². The van der Waals surface area contributed by atoms with Crippen molar-refractivity contribution in [3.63, 3.8) is 0 Å². The molecular weight excluding hydrogens is 706 g/mol. The lowest BCUT2D eigenvalue weighted by Gasteiger charge is -2.21. The van der Waals surface area contributed by atoms with Gasteiger partial charge in [-0.1, -0.05) is 0 Å². The number of nitrogens with one attached hydrogen (secondary N) is 4. The minimum Gasteiger partial charge on any atom is -0.481 e. The van der Waals surface area contributed by atoms with Crippen LogP contribution in [0.1, 0.15) is 48.2 Å². The Balaban J connectivity index is 1.56. The molecule has 21 heteroatoms. The number of ketones is 2. The Hall–Kier alpha value is -5.96. The Labute approximate surface area is 299 Å². The average Bonchev–Trinajstić information content (AvgIpc) is 3.09. The molecule has 0 saturated heterocycles. The number of Topliss-reactive ketones (excluding diaryl/α,β-unsaturated/α-hetero) is 2. The van der Waals surface area contributed by atoms with Crippen LogP contribution < -0.4 is 33.0 Å². The van der Waals surface area contributed by atoms with Gasteiger partial charge in [-0.15, -0.1) is 0 Å². The number of carbonyl (C=O) groups excluding carboxylic acids is 4. The summed E-state index contributed by atoms with van der Waals surface area (Å²) in [7, 11) is 0. The molecule has 4 atom stereocenters. The van der Waals surface area contributed by atoms with Crippen LogP contribution in [0.15, 0.2) is 35.3 Å². The number of nitrogens with zero attached hydrogens (tertiary/aromatic N) is 3. The van der Waals surface area contributed by atoms with Gasteiger partial charge in [-0.25, -0.2) is 14.8 Å². The summed E-state index contributed by atoms with van der Waals surface area (Å²) in [6.07, 6.45) is -1.34. The molecule has 0 saturated carbocycles. The highest BCUT2D eigenvalue weighted by Gasteiger charge is 2.31. The van der Waals surface area contributed by atoms with E-state index in [0.29, 0.717) is 11.4 Å². The highest BCUT2D eigenvalue weighted by molar-refractivity contribution is 7.80. The number of nitrogen functional groups attached to an aromatic ring is 1. The number of carboxylic acid groups (broad SMARTS) is 3. The van der Waals surface area contributed by atoms with Crippen LogP contribution >= 0.6 is 12.6 Å². The molecule has 20 nitrogen and oxygen atoms in total. The number of amides is 2. The zero-order valence-electron chi connectivity index (χ0n) is 27.4. The largest absolute Gasteiger partial charge is 0.481 e. The molecule has 52 heavy (non-hydrogen) atoms. The minimum atomic E-state index is -1.52. The summed E-state index contributed by atoms with van der Waals surface area (Å²) in [4.78, 5) is 112. The summed E-state index contributed by atoms with van der Waals surface area (Å²) >= 11 is 3.89. The molecule has 0 bridgehead atoms. The second-order valence-electron chi connectivity index (χ2n) is 11.5. The molecule has 2 aromatic heterocycles. The van der Waals surface area contributed by atoms with Gasteiger partial charge in [-0.05, 0) is 30.7 Å². The third-order valence-corrected chi connectivity index (χ3v) is 8.09.